The van der Waals surface area contributed by atoms with Crippen LogP contribution < -0.4 is 43.0 Å². The molecule has 28 nitrogen and oxygen atoms in total. The molecule has 0 atom stereocenters. The average Bonchev–Trinajstić information content (AvgIpc) is 1.62. The Morgan fingerprint density at radius 1 is 0.464 bits per heavy atom. The zero-order chi connectivity index (χ0) is 88.9. The lowest BCUT2D eigenvalue weighted by Gasteiger charge is -2.28. The van der Waals surface area contributed by atoms with Crippen molar-refractivity contribution in [3.05, 3.63) is 247 Å². The Morgan fingerprint density at radius 2 is 0.864 bits per heavy atom. The molecular weight excluding hydrogens is 1580 g/mol. The minimum atomic E-state index is -0.745. The standard InChI is InChI=1S/C56H62N8O7.C41H52N8O5/c1-6-25-64(26-7-2)53(67)40-28-38-20-21-39(30-49(38)61-50(31-40)62-55(69)71-56(3,4)5)52(66)60-42-29-41-34-63(27-22-48(41)59-32-42)33-36-16-18-37(19-17-36)51(65)57-23-24-58-54(68)70-35-47-45-14-10-8-12-43(45)44-13-9-11-15-46(44)47;1-6-17-49(18-7-2)39(52)31-20-29-12-13-30(22-35(29)46-36(23-31)47-40(53)54-41(3,4)5)38(51)45-33-21-32-26-48(19-14-34(32)44-24-33)25-27-8-10-28(11-9-27)37(50)43-16-15-42/h8-21,28-30,32,47H,6-7,22-27,31,33-35H2,1-5H3,(H,57,65)(H,58,68)(H,60,66)(H,61,62,69);8-13,20-22,24H,6-7,14-19,23,25-26,42H2,1-5H3,(H,43,50)(H,45,51)(H,46,47,53). The maximum atomic E-state index is 13.8. The molecule has 9 N–H and O–H groups in total. The second-order valence-corrected chi connectivity index (χ2v) is 33.6. The second kappa shape index (κ2) is 42.4. The Bertz CT molecular complexity index is 5380. The van der Waals surface area contributed by atoms with E-state index in [-0.39, 0.29) is 85.6 Å². The zero-order valence-electron chi connectivity index (χ0n) is 73.1. The molecule has 5 aliphatic rings. The van der Waals surface area contributed by atoms with Gasteiger partial charge in [-0.3, -0.25) is 59.2 Å². The number of aliphatic imine (C=N–C) groups is 2. The van der Waals surface area contributed by atoms with Crippen molar-refractivity contribution >= 4 is 100 Å². The Labute approximate surface area is 730 Å². The number of amidine groups is 2. The number of benzene rings is 6. The van der Waals surface area contributed by atoms with E-state index in [1.54, 1.807) is 115 Å². The fraction of sp³-hybridized carbons (Fsp3) is 0.371. The van der Waals surface area contributed by atoms with Gasteiger partial charge in [-0.05, 0) is 185 Å². The highest BCUT2D eigenvalue weighted by Gasteiger charge is 2.32. The summed E-state index contributed by atoms with van der Waals surface area (Å²) in [6.07, 6.45) is 9.94. The number of nitrogens with two attached hydrogens (primary N) is 1. The van der Waals surface area contributed by atoms with Crippen LogP contribution in [0.25, 0.3) is 23.3 Å². The number of nitrogens with one attached hydrogen (secondary N) is 7. The van der Waals surface area contributed by atoms with Crippen LogP contribution in [0.5, 0.6) is 0 Å². The van der Waals surface area contributed by atoms with Crippen LogP contribution in [0.15, 0.2) is 179 Å². The van der Waals surface area contributed by atoms with E-state index in [1.165, 1.54) is 0 Å². The third-order valence-electron chi connectivity index (χ3n) is 21.3. The van der Waals surface area contributed by atoms with Gasteiger partial charge in [-0.1, -0.05) is 113 Å². The zero-order valence-corrected chi connectivity index (χ0v) is 73.1. The van der Waals surface area contributed by atoms with Crippen LogP contribution >= 0.6 is 0 Å². The van der Waals surface area contributed by atoms with Crippen molar-refractivity contribution in [2.75, 3.05) is 82.7 Å². The van der Waals surface area contributed by atoms with Crippen molar-refractivity contribution in [1.29, 1.82) is 0 Å². The molecule has 125 heavy (non-hydrogen) atoms. The van der Waals surface area contributed by atoms with Crippen LogP contribution in [0.2, 0.25) is 0 Å². The first-order chi connectivity index (χ1) is 60.1. The maximum Gasteiger partial charge on any atom is 0.413 e. The predicted octanol–water partition coefficient (Wildman–Crippen LogP) is 14.7. The number of pyridine rings is 2. The number of aromatic nitrogens is 2. The first kappa shape index (κ1) is 91.2. The van der Waals surface area contributed by atoms with Crippen molar-refractivity contribution in [1.82, 2.24) is 56.2 Å². The summed E-state index contributed by atoms with van der Waals surface area (Å²) in [5.74, 6) is -0.881. The lowest BCUT2D eigenvalue weighted by molar-refractivity contribution is -0.128. The van der Waals surface area contributed by atoms with Gasteiger partial charge in [-0.15, -0.1) is 0 Å². The normalized spacial score (nSPS) is 14.0. The van der Waals surface area contributed by atoms with E-state index < -0.39 is 29.5 Å². The molecule has 9 amide bonds. The van der Waals surface area contributed by atoms with Crippen molar-refractivity contribution in [2.24, 2.45) is 15.7 Å². The lowest BCUT2D eigenvalue weighted by atomic mass is 9.98. The van der Waals surface area contributed by atoms with Gasteiger partial charge in [0.05, 0.1) is 35.1 Å². The van der Waals surface area contributed by atoms with E-state index >= 15 is 0 Å². The number of alkyl carbamates (subject to hydrolysis) is 3. The number of anilines is 2. The van der Waals surface area contributed by atoms with Crippen molar-refractivity contribution < 1.29 is 57.4 Å². The van der Waals surface area contributed by atoms with Crippen LogP contribution in [-0.2, 0) is 62.8 Å². The number of rotatable bonds is 27. The summed E-state index contributed by atoms with van der Waals surface area (Å²) in [4.78, 5) is 146. The van der Waals surface area contributed by atoms with Gasteiger partial charge >= 0.3 is 18.3 Å². The molecule has 6 heterocycles. The summed E-state index contributed by atoms with van der Waals surface area (Å²) in [5.41, 5.74) is 20.8. The number of carbonyl (C=O) groups excluding carboxylic acids is 9. The average molecular weight is 1700 g/mol. The maximum absolute atomic E-state index is 13.8. The van der Waals surface area contributed by atoms with E-state index in [2.05, 4.69) is 76.3 Å². The van der Waals surface area contributed by atoms with Crippen LogP contribution in [0, 0.1) is 0 Å². The Balaban J connectivity index is 0.000000237. The number of hydrogen-bond acceptors (Lipinski definition) is 19. The molecule has 0 unspecified atom stereocenters. The molecule has 2 aromatic heterocycles. The SMILES string of the molecule is CCCN(CCC)C(=O)C1=Cc2ccc(C(=O)Nc3cnc4c(c3)CN(Cc3ccc(C(=O)NCCN)cc3)CC4)cc2N=C(NC(=O)OC(C)(C)C)C1.CCCN(CCC)C(=O)C1=Cc2ccc(C(=O)Nc3cnc4c(c3)CN(Cc3ccc(C(=O)NCCNC(=O)OCC5c6ccccc6-c6ccccc65)cc3)CC4)cc2N=C(NC(=O)OC(C)(C)C)C1. The van der Waals surface area contributed by atoms with Gasteiger partial charge in [-0.25, -0.2) is 24.4 Å². The van der Waals surface area contributed by atoms with E-state index in [1.807, 2.05) is 110 Å². The molecule has 1 aliphatic carbocycles. The summed E-state index contributed by atoms with van der Waals surface area (Å²) >= 11 is 0. The largest absolute Gasteiger partial charge is 0.449 e. The third-order valence-corrected chi connectivity index (χ3v) is 21.3. The van der Waals surface area contributed by atoms with Gasteiger partial charge < -0.3 is 56.3 Å². The van der Waals surface area contributed by atoms with Gasteiger partial charge in [0, 0.05) is 179 Å². The molecule has 0 spiro atoms. The number of nitrogens with zero attached hydrogens (tertiary/aromatic N) is 8. The van der Waals surface area contributed by atoms with Crippen LogP contribution in [0.4, 0.5) is 37.1 Å². The molecular formula is C97H114N16O12. The van der Waals surface area contributed by atoms with Crippen LogP contribution in [-0.4, -0.2) is 178 Å². The molecule has 0 saturated heterocycles. The fourth-order valence-corrected chi connectivity index (χ4v) is 15.6. The minimum Gasteiger partial charge on any atom is -0.449 e. The molecule has 654 valence electrons. The number of amides is 9. The van der Waals surface area contributed by atoms with Crippen LogP contribution in [0.3, 0.4) is 0 Å². The Hall–Kier alpha value is -13.1. The summed E-state index contributed by atoms with van der Waals surface area (Å²) in [6, 6.07) is 45.6. The van der Waals surface area contributed by atoms with Crippen molar-refractivity contribution in [3.63, 3.8) is 0 Å². The van der Waals surface area contributed by atoms with Crippen molar-refractivity contribution in [2.45, 2.75) is 164 Å². The van der Waals surface area contributed by atoms with Crippen molar-refractivity contribution in [3.8, 4) is 11.1 Å². The van der Waals surface area contributed by atoms with Gasteiger partial charge in [-0.2, -0.15) is 0 Å². The summed E-state index contributed by atoms with van der Waals surface area (Å²) in [7, 11) is 0. The monoisotopic (exact) mass is 1690 g/mol. The highest BCUT2D eigenvalue weighted by atomic mass is 16.6. The molecule has 4 aliphatic heterocycles. The highest BCUT2D eigenvalue weighted by molar-refractivity contribution is 6.12. The number of hydrogen-bond donors (Lipinski definition) is 8. The minimum absolute atomic E-state index is 0.0309. The van der Waals surface area contributed by atoms with Gasteiger partial charge in [0.2, 0.25) is 11.8 Å². The quantitative estimate of drug-likeness (QED) is 0.0175. The molecule has 0 bridgehead atoms. The summed E-state index contributed by atoms with van der Waals surface area (Å²) in [6.45, 7) is 26.9. The topological polar surface area (TPSA) is 355 Å². The first-order valence-corrected chi connectivity index (χ1v) is 43.1. The second-order valence-electron chi connectivity index (χ2n) is 33.6. The molecule has 28 heteroatoms. The smallest absolute Gasteiger partial charge is 0.413 e. The van der Waals surface area contributed by atoms with E-state index in [0.717, 1.165) is 108 Å². The Morgan fingerprint density at radius 3 is 1.27 bits per heavy atom. The summed E-state index contributed by atoms with van der Waals surface area (Å²) in [5, 5.41) is 19.9. The Kier molecular flexibility index (Phi) is 30.9. The molecule has 13 rings (SSSR count). The molecule has 8 aromatic rings. The first-order valence-electron chi connectivity index (χ1n) is 43.1. The van der Waals surface area contributed by atoms with E-state index in [0.29, 0.717) is 133 Å². The number of ether oxygens (including phenoxy) is 3. The van der Waals surface area contributed by atoms with Gasteiger partial charge in [0.1, 0.15) is 29.5 Å². The number of fused-ring (bicyclic) bond motifs is 7. The van der Waals surface area contributed by atoms with Crippen LogP contribution in [0.1, 0.15) is 211 Å². The molecule has 0 fully saturated rings. The lowest BCUT2D eigenvalue weighted by Crippen LogP contribution is -2.38. The fourth-order valence-electron chi connectivity index (χ4n) is 15.6. The third kappa shape index (κ3) is 25.1. The van der Waals surface area contributed by atoms with E-state index in [4.69, 9.17) is 34.9 Å². The van der Waals surface area contributed by atoms with E-state index in [9.17, 15) is 43.2 Å². The summed E-state index contributed by atoms with van der Waals surface area (Å²) < 4.78 is 16.6. The predicted molar refractivity (Wildman–Crippen MR) is 485 cm³/mol. The van der Waals surface area contributed by atoms with Gasteiger partial charge in [0.15, 0.2) is 0 Å². The molecule has 6 aromatic carbocycles. The number of carbonyl (C=O) groups is 9. The highest BCUT2D eigenvalue weighted by Crippen LogP contribution is 2.45. The molecule has 0 saturated carbocycles. The van der Waals surface area contributed by atoms with Gasteiger partial charge in [0.25, 0.3) is 23.6 Å². The molecule has 0 radical (unpaired) electrons.